The van der Waals surface area contributed by atoms with Gasteiger partial charge in [0, 0.05) is 17.2 Å². The number of nitrogens with one attached hydrogen (secondary N) is 1. The monoisotopic (exact) mass is 328 g/mol. The van der Waals surface area contributed by atoms with E-state index in [0.29, 0.717) is 28.4 Å². The topological polar surface area (TPSA) is 69.2 Å². The Hall–Kier alpha value is -3.02. The zero-order chi connectivity index (χ0) is 17.5. The molecular weight excluding hydrogens is 308 g/mol. The van der Waals surface area contributed by atoms with E-state index < -0.39 is 0 Å². The summed E-state index contributed by atoms with van der Waals surface area (Å²) in [6.07, 6.45) is 1.49. The number of hydrogen-bond donors (Lipinski definition) is 1. The first-order valence-corrected chi connectivity index (χ1v) is 7.29. The van der Waals surface area contributed by atoms with Crippen LogP contribution >= 0.6 is 0 Å². The van der Waals surface area contributed by atoms with Gasteiger partial charge in [-0.25, -0.2) is 5.43 Å². The lowest BCUT2D eigenvalue weighted by Crippen LogP contribution is -2.17. The average molecular weight is 328 g/mol. The molecule has 0 aliphatic heterocycles. The predicted octanol–water partition coefficient (Wildman–Crippen LogP) is 2.78. The van der Waals surface area contributed by atoms with Crippen molar-refractivity contribution in [1.29, 1.82) is 0 Å². The molecule has 6 nitrogen and oxygen atoms in total. The molecule has 0 spiro atoms. The summed E-state index contributed by atoms with van der Waals surface area (Å²) in [5.41, 5.74) is 4.77. The van der Waals surface area contributed by atoms with Crippen LogP contribution in [-0.4, -0.2) is 33.5 Å². The van der Waals surface area contributed by atoms with Gasteiger partial charge in [-0.2, -0.15) is 5.10 Å². The van der Waals surface area contributed by atoms with Gasteiger partial charge in [-0.3, -0.25) is 4.79 Å². The van der Waals surface area contributed by atoms with Crippen molar-refractivity contribution in [2.75, 3.05) is 21.3 Å². The van der Waals surface area contributed by atoms with Gasteiger partial charge in [0.15, 0.2) is 11.5 Å². The molecule has 0 saturated carbocycles. The molecule has 0 bridgehead atoms. The molecule has 126 valence electrons. The first-order chi connectivity index (χ1) is 11.6. The number of ether oxygens (including phenoxy) is 3. The van der Waals surface area contributed by atoms with E-state index in [4.69, 9.17) is 14.2 Å². The Bertz CT molecular complexity index is 739. The summed E-state index contributed by atoms with van der Waals surface area (Å²) in [5, 5.41) is 3.98. The summed E-state index contributed by atoms with van der Waals surface area (Å²) in [6.45, 7) is 1.96. The molecule has 0 heterocycles. The van der Waals surface area contributed by atoms with Gasteiger partial charge >= 0.3 is 0 Å². The van der Waals surface area contributed by atoms with Crippen molar-refractivity contribution in [3.63, 3.8) is 0 Å². The zero-order valence-corrected chi connectivity index (χ0v) is 14.1. The van der Waals surface area contributed by atoms with Gasteiger partial charge in [0.1, 0.15) is 5.75 Å². The fraction of sp³-hybridized carbons (Fsp3) is 0.222. The molecule has 0 aliphatic rings. The summed E-state index contributed by atoms with van der Waals surface area (Å²) in [4.78, 5) is 12.0. The molecule has 2 aromatic carbocycles. The molecule has 1 N–H and O–H groups in total. The van der Waals surface area contributed by atoms with Crippen molar-refractivity contribution >= 4 is 12.1 Å². The Kier molecular flexibility index (Phi) is 5.78. The van der Waals surface area contributed by atoms with E-state index in [0.717, 1.165) is 5.56 Å². The Labute approximate surface area is 141 Å². The van der Waals surface area contributed by atoms with Gasteiger partial charge in [0.25, 0.3) is 5.91 Å². The Morgan fingerprint density at radius 3 is 2.12 bits per heavy atom. The van der Waals surface area contributed by atoms with Crippen LogP contribution in [0.1, 0.15) is 21.5 Å². The summed E-state index contributed by atoms with van der Waals surface area (Å²) < 4.78 is 15.8. The first kappa shape index (κ1) is 17.3. The molecule has 0 aliphatic carbocycles. The van der Waals surface area contributed by atoms with E-state index in [9.17, 15) is 4.79 Å². The highest BCUT2D eigenvalue weighted by atomic mass is 16.5. The van der Waals surface area contributed by atoms with Crippen LogP contribution in [0.5, 0.6) is 17.2 Å². The van der Waals surface area contributed by atoms with Gasteiger partial charge in [-0.15, -0.1) is 0 Å². The minimum Gasteiger partial charge on any atom is -0.496 e. The van der Waals surface area contributed by atoms with Crippen molar-refractivity contribution in [2.45, 2.75) is 6.92 Å². The van der Waals surface area contributed by atoms with Crippen molar-refractivity contribution in [1.82, 2.24) is 5.43 Å². The van der Waals surface area contributed by atoms with Gasteiger partial charge in [0.2, 0.25) is 0 Å². The number of carbonyl (C=O) groups is 1. The van der Waals surface area contributed by atoms with E-state index in [-0.39, 0.29) is 5.91 Å². The molecule has 2 rings (SSSR count). The van der Waals surface area contributed by atoms with Crippen molar-refractivity contribution in [3.05, 3.63) is 53.1 Å². The summed E-state index contributed by atoms with van der Waals surface area (Å²) in [6, 6.07) is 10.7. The summed E-state index contributed by atoms with van der Waals surface area (Å²) in [7, 11) is 4.64. The highest BCUT2D eigenvalue weighted by Crippen LogP contribution is 2.33. The van der Waals surface area contributed by atoms with Crippen LogP contribution in [0.15, 0.2) is 41.5 Å². The van der Waals surface area contributed by atoms with Crippen molar-refractivity contribution in [3.8, 4) is 17.2 Å². The SMILES string of the molecule is COc1cc(OC)c(OC)cc1C=NNC(=O)c1ccc(C)cc1. The number of aryl methyl sites for hydroxylation is 1. The van der Waals surface area contributed by atoms with E-state index in [2.05, 4.69) is 10.5 Å². The molecule has 0 unspecified atom stereocenters. The van der Waals surface area contributed by atoms with Crippen LogP contribution in [0.25, 0.3) is 0 Å². The van der Waals surface area contributed by atoms with Crippen LogP contribution in [-0.2, 0) is 0 Å². The van der Waals surface area contributed by atoms with Crippen molar-refractivity contribution in [2.24, 2.45) is 5.10 Å². The quantitative estimate of drug-likeness (QED) is 0.654. The summed E-state index contributed by atoms with van der Waals surface area (Å²) >= 11 is 0. The fourth-order valence-corrected chi connectivity index (χ4v) is 2.08. The van der Waals surface area contributed by atoms with Gasteiger partial charge < -0.3 is 14.2 Å². The molecule has 1 amide bonds. The normalized spacial score (nSPS) is 10.5. The minimum absolute atomic E-state index is 0.286. The Balaban J connectivity index is 2.16. The largest absolute Gasteiger partial charge is 0.496 e. The lowest BCUT2D eigenvalue weighted by molar-refractivity contribution is 0.0955. The molecule has 0 saturated heterocycles. The maximum Gasteiger partial charge on any atom is 0.271 e. The van der Waals surface area contributed by atoms with Crippen molar-refractivity contribution < 1.29 is 19.0 Å². The maximum atomic E-state index is 12.0. The third kappa shape index (κ3) is 4.04. The molecule has 2 aromatic rings. The van der Waals surface area contributed by atoms with Crippen LogP contribution in [0, 0.1) is 6.92 Å². The van der Waals surface area contributed by atoms with Gasteiger partial charge in [-0.1, -0.05) is 17.7 Å². The number of nitrogens with zero attached hydrogens (tertiary/aromatic N) is 1. The van der Waals surface area contributed by atoms with E-state index in [1.165, 1.54) is 6.21 Å². The number of hydrazone groups is 1. The molecule has 0 aromatic heterocycles. The standard InChI is InChI=1S/C18H20N2O4/c1-12-5-7-13(8-6-12)18(21)20-19-11-14-9-16(23-3)17(24-4)10-15(14)22-2/h5-11H,1-4H3,(H,20,21). The van der Waals surface area contributed by atoms with Crippen LogP contribution in [0.2, 0.25) is 0 Å². The third-order valence-electron chi connectivity index (χ3n) is 3.42. The lowest BCUT2D eigenvalue weighted by Gasteiger charge is -2.11. The smallest absolute Gasteiger partial charge is 0.271 e. The zero-order valence-electron chi connectivity index (χ0n) is 14.1. The third-order valence-corrected chi connectivity index (χ3v) is 3.42. The van der Waals surface area contributed by atoms with Gasteiger partial charge in [0.05, 0.1) is 27.5 Å². The molecule has 0 radical (unpaired) electrons. The minimum atomic E-state index is -0.286. The van der Waals surface area contributed by atoms with Crippen LogP contribution < -0.4 is 19.6 Å². The number of benzene rings is 2. The number of carbonyl (C=O) groups excluding carboxylic acids is 1. The molecule has 0 fully saturated rings. The molecule has 24 heavy (non-hydrogen) atoms. The van der Waals surface area contributed by atoms with Gasteiger partial charge in [-0.05, 0) is 25.1 Å². The van der Waals surface area contributed by atoms with Crippen LogP contribution in [0.4, 0.5) is 0 Å². The van der Waals surface area contributed by atoms with E-state index >= 15 is 0 Å². The lowest BCUT2D eigenvalue weighted by atomic mass is 10.1. The Morgan fingerprint density at radius 1 is 0.958 bits per heavy atom. The van der Waals surface area contributed by atoms with Crippen LogP contribution in [0.3, 0.4) is 0 Å². The van der Waals surface area contributed by atoms with E-state index in [1.54, 1.807) is 45.6 Å². The predicted molar refractivity (Wildman–Crippen MR) is 92.3 cm³/mol. The average Bonchev–Trinajstić information content (AvgIpc) is 2.61. The summed E-state index contributed by atoms with van der Waals surface area (Å²) in [5.74, 6) is 1.37. The fourth-order valence-electron chi connectivity index (χ4n) is 2.08. The number of hydrogen-bond acceptors (Lipinski definition) is 5. The number of rotatable bonds is 6. The highest BCUT2D eigenvalue weighted by Gasteiger charge is 2.10. The molecular formula is C18H20N2O4. The maximum absolute atomic E-state index is 12.0. The molecule has 6 heteroatoms. The van der Waals surface area contributed by atoms with E-state index in [1.807, 2.05) is 19.1 Å². The second-order valence-electron chi connectivity index (χ2n) is 5.01. The second kappa shape index (κ2) is 8.01. The number of methoxy groups -OCH3 is 3. The second-order valence-corrected chi connectivity index (χ2v) is 5.01. The highest BCUT2D eigenvalue weighted by molar-refractivity contribution is 5.95. The Morgan fingerprint density at radius 2 is 1.54 bits per heavy atom. The molecule has 0 atom stereocenters. The first-order valence-electron chi connectivity index (χ1n) is 7.29. The number of amides is 1.